The van der Waals surface area contributed by atoms with Gasteiger partial charge in [0.15, 0.2) is 0 Å². The average molecular weight is 479 g/mol. The number of hydrogen-bond acceptors (Lipinski definition) is 3. The van der Waals surface area contributed by atoms with Gasteiger partial charge in [0.25, 0.3) is 0 Å². The van der Waals surface area contributed by atoms with Crippen molar-refractivity contribution in [2.24, 2.45) is 0 Å². The van der Waals surface area contributed by atoms with Gasteiger partial charge in [0, 0.05) is 42.2 Å². The van der Waals surface area contributed by atoms with Crippen LogP contribution in [0.5, 0.6) is 5.75 Å². The molecule has 0 saturated carbocycles. The average Bonchev–Trinajstić information content (AvgIpc) is 3.48. The van der Waals surface area contributed by atoms with E-state index in [2.05, 4.69) is 28.8 Å². The second-order valence-electron chi connectivity index (χ2n) is 9.04. The van der Waals surface area contributed by atoms with Crippen molar-refractivity contribution < 1.29 is 13.9 Å². The van der Waals surface area contributed by atoms with Gasteiger partial charge in [-0.15, -0.1) is 0 Å². The Morgan fingerprint density at radius 3 is 2.68 bits per heavy atom. The van der Waals surface area contributed by atoms with E-state index in [-0.39, 0.29) is 17.8 Å². The van der Waals surface area contributed by atoms with Gasteiger partial charge in [0.1, 0.15) is 11.6 Å². The molecule has 3 aromatic rings. The molecule has 4 nitrogen and oxygen atoms in total. The molecular weight excluding hydrogens is 451 g/mol. The Morgan fingerprint density at radius 2 is 1.88 bits per heavy atom. The fraction of sp³-hybridized carbons (Fsp3) is 0.321. The number of amides is 1. The van der Waals surface area contributed by atoms with E-state index in [1.165, 1.54) is 17.2 Å². The molecule has 0 aromatic heterocycles. The summed E-state index contributed by atoms with van der Waals surface area (Å²) in [5.41, 5.74) is 6.81. The summed E-state index contributed by atoms with van der Waals surface area (Å²) in [4.78, 5) is 11.4. The summed E-state index contributed by atoms with van der Waals surface area (Å²) in [7, 11) is 1.55. The van der Waals surface area contributed by atoms with Gasteiger partial charge in [0.2, 0.25) is 5.91 Å². The molecule has 1 unspecified atom stereocenters. The van der Waals surface area contributed by atoms with E-state index in [4.69, 9.17) is 16.3 Å². The third-order valence-electron chi connectivity index (χ3n) is 6.90. The zero-order valence-electron chi connectivity index (χ0n) is 19.2. The number of aryl methyl sites for hydroxylation is 1. The molecule has 5 rings (SSSR count). The van der Waals surface area contributed by atoms with Crippen LogP contribution in [0.1, 0.15) is 36.0 Å². The predicted octanol–water partition coefficient (Wildman–Crippen LogP) is 5.68. The Balaban J connectivity index is 1.43. The number of benzene rings is 3. The summed E-state index contributed by atoms with van der Waals surface area (Å²) in [6.45, 7) is 0.900. The number of rotatable bonds is 7. The molecule has 2 aliphatic rings. The van der Waals surface area contributed by atoms with E-state index >= 15 is 4.39 Å². The third kappa shape index (κ3) is 4.42. The van der Waals surface area contributed by atoms with Crippen molar-refractivity contribution >= 4 is 17.5 Å². The molecule has 34 heavy (non-hydrogen) atoms. The largest absolute Gasteiger partial charge is 0.496 e. The molecule has 0 bridgehead atoms. The van der Waals surface area contributed by atoms with Crippen LogP contribution >= 0.6 is 11.6 Å². The lowest BCUT2D eigenvalue weighted by atomic mass is 9.93. The summed E-state index contributed by atoms with van der Waals surface area (Å²) in [5.74, 6) is 0.193. The Bertz CT molecular complexity index is 1240. The first kappa shape index (κ1) is 22.9. The van der Waals surface area contributed by atoms with Gasteiger partial charge in [-0.25, -0.2) is 4.39 Å². The van der Waals surface area contributed by atoms with E-state index in [9.17, 15) is 4.79 Å². The summed E-state index contributed by atoms with van der Waals surface area (Å²) in [6.07, 6.45) is 4.66. The van der Waals surface area contributed by atoms with E-state index in [0.29, 0.717) is 41.4 Å². The zero-order chi connectivity index (χ0) is 23.7. The van der Waals surface area contributed by atoms with Gasteiger partial charge in [0.05, 0.1) is 12.1 Å². The van der Waals surface area contributed by atoms with Crippen LogP contribution in [-0.4, -0.2) is 25.6 Å². The van der Waals surface area contributed by atoms with Gasteiger partial charge in [-0.2, -0.15) is 0 Å². The Labute approximate surface area is 204 Å². The summed E-state index contributed by atoms with van der Waals surface area (Å²) in [5, 5.41) is 6.77. The zero-order valence-corrected chi connectivity index (χ0v) is 20.0. The van der Waals surface area contributed by atoms with E-state index in [1.54, 1.807) is 7.11 Å². The minimum absolute atomic E-state index is 0.0690. The normalized spacial score (nSPS) is 17.0. The predicted molar refractivity (Wildman–Crippen MR) is 134 cm³/mol. The van der Waals surface area contributed by atoms with Crippen LogP contribution in [0.15, 0.2) is 48.5 Å². The topological polar surface area (TPSA) is 50.4 Å². The molecule has 1 heterocycles. The molecule has 1 aliphatic heterocycles. The van der Waals surface area contributed by atoms with Gasteiger partial charge < -0.3 is 15.4 Å². The van der Waals surface area contributed by atoms with Crippen molar-refractivity contribution in [3.63, 3.8) is 0 Å². The molecule has 1 aliphatic carbocycles. The number of fused-ring (bicyclic) bond motifs is 1. The smallest absolute Gasteiger partial charge is 0.220 e. The number of halogens is 2. The molecule has 1 fully saturated rings. The molecule has 1 saturated heterocycles. The summed E-state index contributed by atoms with van der Waals surface area (Å²) >= 11 is 6.93. The molecule has 3 aromatic carbocycles. The second-order valence-corrected chi connectivity index (χ2v) is 9.41. The first-order valence-electron chi connectivity index (χ1n) is 11.8. The van der Waals surface area contributed by atoms with E-state index < -0.39 is 0 Å². The van der Waals surface area contributed by atoms with Crippen LogP contribution in [0, 0.1) is 5.82 Å². The van der Waals surface area contributed by atoms with Gasteiger partial charge in [-0.3, -0.25) is 4.79 Å². The fourth-order valence-electron chi connectivity index (χ4n) is 5.16. The van der Waals surface area contributed by atoms with Crippen molar-refractivity contribution in [2.45, 2.75) is 44.7 Å². The molecule has 176 valence electrons. The van der Waals surface area contributed by atoms with Crippen LogP contribution in [-0.2, 0) is 24.2 Å². The molecule has 0 spiro atoms. The van der Waals surface area contributed by atoms with Crippen LogP contribution in [0.2, 0.25) is 5.02 Å². The van der Waals surface area contributed by atoms with Crippen molar-refractivity contribution in [1.29, 1.82) is 0 Å². The minimum Gasteiger partial charge on any atom is -0.496 e. The highest BCUT2D eigenvalue weighted by Crippen LogP contribution is 2.41. The van der Waals surface area contributed by atoms with Crippen molar-refractivity contribution in [3.05, 3.63) is 76.1 Å². The first-order chi connectivity index (χ1) is 16.5. The van der Waals surface area contributed by atoms with Gasteiger partial charge >= 0.3 is 0 Å². The molecule has 6 heteroatoms. The number of carbonyl (C=O) groups excluding carboxylic acids is 1. The Morgan fingerprint density at radius 1 is 1.09 bits per heavy atom. The number of hydrogen-bond donors (Lipinski definition) is 2. The Kier molecular flexibility index (Phi) is 6.57. The van der Waals surface area contributed by atoms with Crippen LogP contribution in [0.4, 0.5) is 4.39 Å². The highest BCUT2D eigenvalue weighted by Gasteiger charge is 2.22. The van der Waals surface area contributed by atoms with Crippen molar-refractivity contribution in [1.82, 2.24) is 10.6 Å². The standard InChI is InChI=1S/C28H28ClFN2O2/c1-34-26-14-18(13-25(30)24(26)16-31-15-19-11-12-27(33)32-19)21-8-4-10-23(28(21)29)22-9-3-6-17-5-2-7-20(17)22/h3-4,6,8-10,13-14,19,31H,2,5,7,11-12,15-16H2,1H3,(H,32,33). The summed E-state index contributed by atoms with van der Waals surface area (Å²) in [6, 6.07) is 15.8. The third-order valence-corrected chi connectivity index (χ3v) is 7.30. The molecule has 0 radical (unpaired) electrons. The Hall–Kier alpha value is -2.89. The molecule has 1 amide bonds. The second kappa shape index (κ2) is 9.77. The monoisotopic (exact) mass is 478 g/mol. The quantitative estimate of drug-likeness (QED) is 0.459. The van der Waals surface area contributed by atoms with E-state index in [1.807, 2.05) is 24.3 Å². The number of carbonyl (C=O) groups is 1. The van der Waals surface area contributed by atoms with Gasteiger partial charge in [-0.05, 0) is 60.1 Å². The van der Waals surface area contributed by atoms with Crippen LogP contribution in [0.3, 0.4) is 0 Å². The maximum atomic E-state index is 15.2. The summed E-state index contributed by atoms with van der Waals surface area (Å²) < 4.78 is 20.8. The SMILES string of the molecule is COc1cc(-c2cccc(-c3cccc4c3CCC4)c2Cl)cc(F)c1CNCC1CCC(=O)N1. The first-order valence-corrected chi connectivity index (χ1v) is 12.2. The lowest BCUT2D eigenvalue weighted by Gasteiger charge is -2.17. The molecule has 1 atom stereocenters. The van der Waals surface area contributed by atoms with Crippen LogP contribution < -0.4 is 15.4 Å². The van der Waals surface area contributed by atoms with Crippen molar-refractivity contribution in [3.8, 4) is 28.0 Å². The lowest BCUT2D eigenvalue weighted by molar-refractivity contribution is -0.119. The minimum atomic E-state index is -0.348. The number of nitrogens with one attached hydrogen (secondary N) is 2. The lowest BCUT2D eigenvalue weighted by Crippen LogP contribution is -2.35. The molecular formula is C28H28ClFN2O2. The number of ether oxygens (including phenoxy) is 1. The van der Waals surface area contributed by atoms with Crippen LogP contribution in [0.25, 0.3) is 22.3 Å². The molecule has 2 N–H and O–H groups in total. The highest BCUT2D eigenvalue weighted by molar-refractivity contribution is 6.36. The van der Waals surface area contributed by atoms with E-state index in [0.717, 1.165) is 42.4 Å². The van der Waals surface area contributed by atoms with Crippen molar-refractivity contribution in [2.75, 3.05) is 13.7 Å². The number of methoxy groups -OCH3 is 1. The fourth-order valence-corrected chi connectivity index (χ4v) is 5.49. The highest BCUT2D eigenvalue weighted by atomic mass is 35.5. The maximum Gasteiger partial charge on any atom is 0.220 e. The maximum absolute atomic E-state index is 15.2. The van der Waals surface area contributed by atoms with Gasteiger partial charge in [-0.1, -0.05) is 48.0 Å².